The van der Waals surface area contributed by atoms with Gasteiger partial charge in [0.05, 0.1) is 5.69 Å². The molecule has 6 heteroatoms. The van der Waals surface area contributed by atoms with Crippen LogP contribution in [0.1, 0.15) is 0 Å². The van der Waals surface area contributed by atoms with Gasteiger partial charge in [0.2, 0.25) is 5.82 Å². The van der Waals surface area contributed by atoms with Crippen LogP contribution in [0.4, 0.5) is 0 Å². The second kappa shape index (κ2) is 2.19. The summed E-state index contributed by atoms with van der Waals surface area (Å²) < 4.78 is 0. The Labute approximate surface area is 72.7 Å². The Bertz CT molecular complexity index is 475. The van der Waals surface area contributed by atoms with E-state index in [4.69, 9.17) is 0 Å². The molecule has 0 atom stereocenters. The maximum Gasteiger partial charge on any atom is 0.222 e. The maximum absolute atomic E-state index is 3.89. The number of nitrogens with zero attached hydrogens (tertiary/aromatic N) is 3. The van der Waals surface area contributed by atoms with E-state index < -0.39 is 0 Å². The minimum atomic E-state index is 0.567. The smallest absolute Gasteiger partial charge is 0.222 e. The van der Waals surface area contributed by atoms with E-state index >= 15 is 0 Å². The monoisotopic (exact) mass is 174 g/mol. The predicted octanol–water partition coefficient (Wildman–Crippen LogP) is 0.628. The second-order valence-corrected chi connectivity index (χ2v) is 2.71. The number of aromatic nitrogens is 6. The molecule has 6 nitrogen and oxygen atoms in total. The highest BCUT2D eigenvalue weighted by Gasteiger charge is 2.14. The first-order chi connectivity index (χ1) is 6.45. The highest BCUT2D eigenvalue weighted by atomic mass is 15.5. The van der Waals surface area contributed by atoms with E-state index in [1.54, 1.807) is 0 Å². The van der Waals surface area contributed by atoms with Crippen molar-refractivity contribution in [3.8, 4) is 22.8 Å². The van der Waals surface area contributed by atoms with Crippen molar-refractivity contribution in [1.82, 2.24) is 30.8 Å². The summed E-state index contributed by atoms with van der Waals surface area (Å²) in [5, 5.41) is 19.7. The molecule has 1 aromatic rings. The molecule has 1 aliphatic heterocycles. The van der Waals surface area contributed by atoms with Crippen LogP contribution < -0.4 is 0 Å². The molecule has 1 aliphatic carbocycles. The third kappa shape index (κ3) is 0.792. The third-order valence-electron chi connectivity index (χ3n) is 1.98. The molecule has 0 fully saturated rings. The van der Waals surface area contributed by atoms with Gasteiger partial charge < -0.3 is 5.10 Å². The quantitative estimate of drug-likeness (QED) is 0.505. The molecule has 0 unspecified atom stereocenters. The molecule has 0 spiro atoms. The fourth-order valence-electron chi connectivity index (χ4n) is 1.39. The van der Waals surface area contributed by atoms with Crippen LogP contribution in [0.2, 0.25) is 0 Å². The van der Waals surface area contributed by atoms with Crippen molar-refractivity contribution in [3.05, 3.63) is 18.2 Å². The number of H-pyrrole nitrogens is 3. The van der Waals surface area contributed by atoms with Crippen molar-refractivity contribution in [1.29, 1.82) is 0 Å². The molecule has 0 amide bonds. The lowest BCUT2D eigenvalue weighted by Gasteiger charge is -1.88. The highest BCUT2D eigenvalue weighted by molar-refractivity contribution is 5.77. The number of fused-ring (bicyclic) bond motifs is 1. The summed E-state index contributed by atoms with van der Waals surface area (Å²) in [5.74, 6) is 0.567. The first-order valence-corrected chi connectivity index (χ1v) is 3.84. The van der Waals surface area contributed by atoms with Crippen LogP contribution in [-0.4, -0.2) is 30.8 Å². The molecule has 2 aliphatic rings. The molecule has 2 heterocycles. The van der Waals surface area contributed by atoms with Crippen molar-refractivity contribution in [2.75, 3.05) is 0 Å². The fraction of sp³-hybridized carbons (Fsp3) is 0. The van der Waals surface area contributed by atoms with Gasteiger partial charge in [-0.05, 0) is 11.3 Å². The van der Waals surface area contributed by atoms with E-state index in [1.807, 2.05) is 18.2 Å². The lowest BCUT2D eigenvalue weighted by atomic mass is 10.2. The van der Waals surface area contributed by atoms with Gasteiger partial charge >= 0.3 is 0 Å². The van der Waals surface area contributed by atoms with Crippen molar-refractivity contribution in [2.24, 2.45) is 0 Å². The zero-order valence-corrected chi connectivity index (χ0v) is 6.57. The molecule has 0 saturated carbocycles. The molecule has 13 heavy (non-hydrogen) atoms. The summed E-state index contributed by atoms with van der Waals surface area (Å²) >= 11 is 0. The van der Waals surface area contributed by atoms with E-state index in [1.165, 1.54) is 0 Å². The van der Waals surface area contributed by atoms with Gasteiger partial charge in [0.1, 0.15) is 5.69 Å². The van der Waals surface area contributed by atoms with Crippen molar-refractivity contribution < 1.29 is 0 Å². The second-order valence-electron chi connectivity index (χ2n) is 2.71. The Morgan fingerprint density at radius 2 is 2.15 bits per heavy atom. The maximum atomic E-state index is 3.89. The molecule has 0 saturated heterocycles. The average molecular weight is 174 g/mol. The van der Waals surface area contributed by atoms with Crippen molar-refractivity contribution in [2.45, 2.75) is 0 Å². The summed E-state index contributed by atoms with van der Waals surface area (Å²) in [4.78, 5) is 0. The summed E-state index contributed by atoms with van der Waals surface area (Å²) in [6.07, 6.45) is 0. The molecular formula is C7H6N6. The zero-order valence-electron chi connectivity index (χ0n) is 6.57. The molecule has 0 bridgehead atoms. The number of hydrogen-bond donors (Lipinski definition) is 3. The van der Waals surface area contributed by atoms with Gasteiger partial charge in [-0.1, -0.05) is 12.1 Å². The molecule has 64 valence electrons. The lowest BCUT2D eigenvalue weighted by Crippen LogP contribution is -1.81. The van der Waals surface area contributed by atoms with E-state index in [9.17, 15) is 0 Å². The minimum Gasteiger partial charge on any atom is -0.300 e. The van der Waals surface area contributed by atoms with E-state index in [0.717, 1.165) is 17.0 Å². The van der Waals surface area contributed by atoms with Gasteiger partial charge in [-0.2, -0.15) is 5.21 Å². The van der Waals surface area contributed by atoms with Crippen LogP contribution in [0.25, 0.3) is 22.8 Å². The Kier molecular flexibility index (Phi) is 1.08. The van der Waals surface area contributed by atoms with Gasteiger partial charge in [-0.15, -0.1) is 10.2 Å². The summed E-state index contributed by atoms with van der Waals surface area (Å²) in [6, 6.07) is 5.95. The lowest BCUT2D eigenvalue weighted by molar-refractivity contribution is 0.881. The van der Waals surface area contributed by atoms with Crippen LogP contribution in [0.5, 0.6) is 0 Å². The van der Waals surface area contributed by atoms with Crippen LogP contribution in [0.15, 0.2) is 18.2 Å². The largest absolute Gasteiger partial charge is 0.300 e. The third-order valence-corrected chi connectivity index (χ3v) is 1.98. The minimum absolute atomic E-state index is 0.567. The Morgan fingerprint density at radius 1 is 1.15 bits per heavy atom. The molecule has 3 rings (SSSR count). The molecule has 3 N–H and O–H groups in total. The van der Waals surface area contributed by atoms with Gasteiger partial charge in [-0.25, -0.2) is 0 Å². The summed E-state index contributed by atoms with van der Waals surface area (Å²) in [5.41, 5.74) is 2.97. The molecule has 0 aromatic carbocycles. The first kappa shape index (κ1) is 6.41. The Balaban J connectivity index is 2.24. The van der Waals surface area contributed by atoms with Crippen LogP contribution in [0, 0.1) is 0 Å². The standard InChI is InChI=1S/C7H6N6/c1-2-4-5(3-1)8-9-6(4)7-10-12-13-11-7/h1-3,8-9H,(H,10,11,12,13). The molecule has 1 aromatic heterocycles. The van der Waals surface area contributed by atoms with E-state index in [2.05, 4.69) is 30.8 Å². The van der Waals surface area contributed by atoms with Gasteiger partial charge in [0, 0.05) is 5.56 Å². The summed E-state index contributed by atoms with van der Waals surface area (Å²) in [7, 11) is 0. The van der Waals surface area contributed by atoms with Crippen LogP contribution in [0.3, 0.4) is 0 Å². The molecular weight excluding hydrogens is 168 g/mol. The number of rotatable bonds is 1. The molecule has 0 radical (unpaired) electrons. The van der Waals surface area contributed by atoms with Crippen molar-refractivity contribution in [3.63, 3.8) is 0 Å². The average Bonchev–Trinajstić information content (AvgIpc) is 2.79. The SMILES string of the molecule is c1cc2[nH][nH]c(-c3nn[nH]n3)c-2c1. The number of aromatic amines is 3. The zero-order chi connectivity index (χ0) is 8.67. The highest BCUT2D eigenvalue weighted by Crippen LogP contribution is 2.29. The van der Waals surface area contributed by atoms with Crippen molar-refractivity contribution >= 4 is 0 Å². The first-order valence-electron chi connectivity index (χ1n) is 3.84. The Hall–Kier alpha value is -2.11. The van der Waals surface area contributed by atoms with Crippen LogP contribution in [-0.2, 0) is 0 Å². The summed E-state index contributed by atoms with van der Waals surface area (Å²) in [6.45, 7) is 0. The number of nitrogens with one attached hydrogen (secondary N) is 3. The number of tetrazole rings is 1. The van der Waals surface area contributed by atoms with E-state index in [0.29, 0.717) is 5.82 Å². The van der Waals surface area contributed by atoms with Gasteiger partial charge in [0.15, 0.2) is 0 Å². The van der Waals surface area contributed by atoms with Gasteiger partial charge in [-0.3, -0.25) is 5.10 Å². The topological polar surface area (TPSA) is 86.0 Å². The normalized spacial score (nSPS) is 11.1. The predicted molar refractivity (Wildman–Crippen MR) is 44.9 cm³/mol. The Morgan fingerprint density at radius 3 is 3.00 bits per heavy atom. The van der Waals surface area contributed by atoms with E-state index in [-0.39, 0.29) is 0 Å². The fourth-order valence-corrected chi connectivity index (χ4v) is 1.39. The van der Waals surface area contributed by atoms with Crippen LogP contribution >= 0.6 is 0 Å². The number of hydrogen-bond acceptors (Lipinski definition) is 3. The van der Waals surface area contributed by atoms with Gasteiger partial charge in [0.25, 0.3) is 0 Å².